The lowest BCUT2D eigenvalue weighted by Crippen LogP contribution is -2.40. The van der Waals surface area contributed by atoms with Gasteiger partial charge in [-0.05, 0) is 31.0 Å². The van der Waals surface area contributed by atoms with E-state index in [4.69, 9.17) is 4.74 Å². The lowest BCUT2D eigenvalue weighted by atomic mass is 9.71. The molecule has 0 aliphatic heterocycles. The molecule has 5 nitrogen and oxygen atoms in total. The standard InChI is InChI=1S/C17H17BrFNO4/c1-3-24-16(22)13(20-23)11-7-17(8(2)15(17)19)12-5-4-9(18)6-10(12)14(11)21/h4-6,8,11,15,23H,3,7H2,1-2H3/b20-13-. The summed E-state index contributed by atoms with van der Waals surface area (Å²) in [5.41, 5.74) is -0.166. The Bertz CT molecular complexity index is 740. The van der Waals surface area contributed by atoms with E-state index in [-0.39, 0.29) is 30.4 Å². The summed E-state index contributed by atoms with van der Waals surface area (Å²) in [7, 11) is 0. The van der Waals surface area contributed by atoms with E-state index in [0.717, 1.165) is 0 Å². The van der Waals surface area contributed by atoms with E-state index in [0.29, 0.717) is 15.6 Å². The third-order valence-electron chi connectivity index (χ3n) is 5.16. The predicted molar refractivity (Wildman–Crippen MR) is 88.2 cm³/mol. The Morgan fingerprint density at radius 2 is 2.21 bits per heavy atom. The largest absolute Gasteiger partial charge is 0.461 e. The summed E-state index contributed by atoms with van der Waals surface area (Å²) in [6.07, 6.45) is -1.00. The molecule has 1 fully saturated rings. The molecule has 1 saturated carbocycles. The summed E-state index contributed by atoms with van der Waals surface area (Å²) < 4.78 is 20.1. The van der Waals surface area contributed by atoms with Gasteiger partial charge in [-0.3, -0.25) is 4.79 Å². The van der Waals surface area contributed by atoms with Gasteiger partial charge in [-0.25, -0.2) is 9.18 Å². The Balaban J connectivity index is 2.09. The normalized spacial score (nSPS) is 31.8. The van der Waals surface area contributed by atoms with E-state index in [1.165, 1.54) is 0 Å². The summed E-state index contributed by atoms with van der Waals surface area (Å²) in [6.45, 7) is 3.49. The first-order valence-corrected chi connectivity index (χ1v) is 8.55. The molecule has 2 aliphatic carbocycles. The summed E-state index contributed by atoms with van der Waals surface area (Å²) in [6, 6.07) is 5.16. The SMILES string of the molecule is CCOC(=O)/C(=N\O)C1CC2(c3ccc(Br)cc3C1=O)C(C)C2F. The van der Waals surface area contributed by atoms with Crippen molar-refractivity contribution < 1.29 is 23.9 Å². The summed E-state index contributed by atoms with van der Waals surface area (Å²) in [5, 5.41) is 12.3. The Kier molecular flexibility index (Phi) is 4.23. The molecule has 4 unspecified atom stereocenters. The number of nitrogens with zero attached hydrogens (tertiary/aromatic N) is 1. The van der Waals surface area contributed by atoms with E-state index in [9.17, 15) is 19.2 Å². The Labute approximate surface area is 147 Å². The van der Waals surface area contributed by atoms with Gasteiger partial charge >= 0.3 is 5.97 Å². The van der Waals surface area contributed by atoms with Crippen LogP contribution in [0.15, 0.2) is 27.8 Å². The van der Waals surface area contributed by atoms with Gasteiger partial charge in [-0.15, -0.1) is 0 Å². The highest BCUT2D eigenvalue weighted by Crippen LogP contribution is 2.63. The van der Waals surface area contributed by atoms with Crippen molar-refractivity contribution >= 4 is 33.4 Å². The van der Waals surface area contributed by atoms with Crippen LogP contribution in [0.4, 0.5) is 4.39 Å². The van der Waals surface area contributed by atoms with Crippen molar-refractivity contribution in [3.05, 3.63) is 33.8 Å². The number of carbonyl (C=O) groups is 2. The van der Waals surface area contributed by atoms with E-state index in [2.05, 4.69) is 21.1 Å². The lowest BCUT2D eigenvalue weighted by molar-refractivity contribution is -0.135. The first-order valence-electron chi connectivity index (χ1n) is 7.75. The van der Waals surface area contributed by atoms with Crippen LogP contribution in [0.2, 0.25) is 0 Å². The van der Waals surface area contributed by atoms with E-state index < -0.39 is 23.5 Å². The van der Waals surface area contributed by atoms with Crippen molar-refractivity contribution in [3.8, 4) is 0 Å². The van der Waals surface area contributed by atoms with Crippen molar-refractivity contribution in [2.24, 2.45) is 17.0 Å². The number of alkyl halides is 1. The fraction of sp³-hybridized carbons (Fsp3) is 0.471. The van der Waals surface area contributed by atoms with Gasteiger partial charge in [0.05, 0.1) is 12.5 Å². The highest BCUT2D eigenvalue weighted by Gasteiger charge is 2.68. The fourth-order valence-corrected chi connectivity index (χ4v) is 4.16. The van der Waals surface area contributed by atoms with Crippen LogP contribution in [-0.2, 0) is 14.9 Å². The van der Waals surface area contributed by atoms with Crippen molar-refractivity contribution in [3.63, 3.8) is 0 Å². The molecule has 0 aromatic heterocycles. The van der Waals surface area contributed by atoms with Crippen LogP contribution in [0, 0.1) is 11.8 Å². The molecule has 1 aromatic carbocycles. The number of hydrogen-bond acceptors (Lipinski definition) is 5. The number of carbonyl (C=O) groups excluding carboxylic acids is 2. The zero-order chi connectivity index (χ0) is 17.6. The van der Waals surface area contributed by atoms with E-state index in [1.807, 2.05) is 0 Å². The Morgan fingerprint density at radius 3 is 2.75 bits per heavy atom. The highest BCUT2D eigenvalue weighted by molar-refractivity contribution is 9.10. The molecule has 0 saturated heterocycles. The molecule has 1 N–H and O–H groups in total. The van der Waals surface area contributed by atoms with Crippen LogP contribution in [0.5, 0.6) is 0 Å². The molecule has 4 atom stereocenters. The van der Waals surface area contributed by atoms with E-state index >= 15 is 0 Å². The summed E-state index contributed by atoms with van der Waals surface area (Å²) >= 11 is 3.32. The number of hydrogen-bond donors (Lipinski definition) is 1. The lowest BCUT2D eigenvalue weighted by Gasteiger charge is -2.31. The molecule has 1 aromatic rings. The zero-order valence-electron chi connectivity index (χ0n) is 13.3. The van der Waals surface area contributed by atoms with Crippen LogP contribution in [0.3, 0.4) is 0 Å². The minimum atomic E-state index is -1.10. The van der Waals surface area contributed by atoms with Crippen molar-refractivity contribution in [1.82, 2.24) is 0 Å². The Morgan fingerprint density at radius 1 is 1.54 bits per heavy atom. The number of ketones is 1. The molecule has 24 heavy (non-hydrogen) atoms. The molecule has 0 radical (unpaired) electrons. The second kappa shape index (κ2) is 5.95. The maximum atomic E-state index is 14.5. The van der Waals surface area contributed by atoms with Gasteiger partial charge in [-0.1, -0.05) is 34.1 Å². The van der Waals surface area contributed by atoms with Crippen molar-refractivity contribution in [1.29, 1.82) is 0 Å². The molecular formula is C17H17BrFNO4. The average Bonchev–Trinajstić information content (AvgIpc) is 3.06. The molecule has 3 rings (SSSR count). The van der Waals surface area contributed by atoms with E-state index in [1.54, 1.807) is 32.0 Å². The zero-order valence-corrected chi connectivity index (χ0v) is 14.8. The maximum Gasteiger partial charge on any atom is 0.356 e. The molecule has 0 amide bonds. The van der Waals surface area contributed by atoms with Gasteiger partial charge < -0.3 is 9.94 Å². The molecule has 128 valence electrons. The van der Waals surface area contributed by atoms with Gasteiger partial charge in [0.15, 0.2) is 11.5 Å². The van der Waals surface area contributed by atoms with Crippen molar-refractivity contribution in [2.45, 2.75) is 31.9 Å². The second-order valence-corrected chi connectivity index (χ2v) is 7.16. The number of esters is 1. The van der Waals surface area contributed by atoms with Crippen LogP contribution >= 0.6 is 15.9 Å². The molecule has 0 bridgehead atoms. The first-order chi connectivity index (χ1) is 11.4. The molecular weight excluding hydrogens is 381 g/mol. The third kappa shape index (κ3) is 2.29. The van der Waals surface area contributed by atoms with Crippen molar-refractivity contribution in [2.75, 3.05) is 6.61 Å². The summed E-state index contributed by atoms with van der Waals surface area (Å²) in [5.74, 6) is -2.49. The summed E-state index contributed by atoms with van der Waals surface area (Å²) in [4.78, 5) is 24.9. The number of ether oxygens (including phenoxy) is 1. The number of halogens is 2. The highest BCUT2D eigenvalue weighted by atomic mass is 79.9. The number of fused-ring (bicyclic) bond motifs is 2. The third-order valence-corrected chi connectivity index (χ3v) is 5.66. The van der Waals surface area contributed by atoms with Gasteiger partial charge in [0.2, 0.25) is 0 Å². The van der Waals surface area contributed by atoms with Crippen LogP contribution in [0.25, 0.3) is 0 Å². The van der Waals surface area contributed by atoms with Gasteiger partial charge in [0.1, 0.15) is 6.17 Å². The van der Waals surface area contributed by atoms with Crippen LogP contribution in [-0.4, -0.2) is 35.5 Å². The van der Waals surface area contributed by atoms with Gasteiger partial charge in [-0.2, -0.15) is 0 Å². The quantitative estimate of drug-likeness (QED) is 0.367. The van der Waals surface area contributed by atoms with Crippen LogP contribution < -0.4 is 0 Å². The molecule has 1 spiro atoms. The monoisotopic (exact) mass is 397 g/mol. The van der Waals surface area contributed by atoms with Crippen LogP contribution in [0.1, 0.15) is 36.2 Å². The first kappa shape index (κ1) is 17.1. The smallest absolute Gasteiger partial charge is 0.356 e. The number of benzene rings is 1. The number of oxime groups is 1. The number of rotatable bonds is 3. The minimum Gasteiger partial charge on any atom is -0.461 e. The minimum absolute atomic E-state index is 0.0914. The average molecular weight is 398 g/mol. The molecule has 7 heteroatoms. The fourth-order valence-electron chi connectivity index (χ4n) is 3.80. The topological polar surface area (TPSA) is 76.0 Å². The second-order valence-electron chi connectivity index (χ2n) is 6.25. The maximum absolute atomic E-state index is 14.5. The van der Waals surface area contributed by atoms with Gasteiger partial charge in [0, 0.05) is 21.4 Å². The molecule has 2 aliphatic rings. The van der Waals surface area contributed by atoms with Gasteiger partial charge in [0.25, 0.3) is 0 Å². The predicted octanol–water partition coefficient (Wildman–Crippen LogP) is 3.27. The number of Topliss-reactive ketones (excluding diaryl/α,β-unsaturated/α-hetero) is 1. The Hall–Kier alpha value is -1.76. The molecule has 0 heterocycles.